The van der Waals surface area contributed by atoms with Crippen molar-refractivity contribution in [2.45, 2.75) is 40.0 Å². The zero-order valence-electron chi connectivity index (χ0n) is 21.4. The lowest BCUT2D eigenvalue weighted by atomic mass is 10.0. The van der Waals surface area contributed by atoms with Crippen LogP contribution in [0.2, 0.25) is 5.02 Å². The highest BCUT2D eigenvalue weighted by molar-refractivity contribution is 6.33. The molecule has 1 aliphatic rings. The number of aromatic nitrogens is 4. The van der Waals surface area contributed by atoms with Crippen molar-refractivity contribution in [3.63, 3.8) is 0 Å². The van der Waals surface area contributed by atoms with E-state index < -0.39 is 5.82 Å². The molecule has 2 N–H and O–H groups in total. The summed E-state index contributed by atoms with van der Waals surface area (Å²) in [7, 11) is 1.83. The molecule has 3 heterocycles. The molecule has 0 saturated carbocycles. The van der Waals surface area contributed by atoms with E-state index in [-0.39, 0.29) is 16.5 Å². The van der Waals surface area contributed by atoms with Crippen molar-refractivity contribution >= 4 is 40.9 Å². The Morgan fingerprint density at radius 1 is 1.31 bits per heavy atom. The molecule has 36 heavy (non-hydrogen) atoms. The lowest BCUT2D eigenvalue weighted by molar-refractivity contribution is -0.117. The molecule has 0 atom stereocenters. The van der Waals surface area contributed by atoms with Crippen LogP contribution in [0, 0.1) is 5.82 Å². The van der Waals surface area contributed by atoms with Gasteiger partial charge in [0, 0.05) is 35.6 Å². The average molecular weight is 513 g/mol. The summed E-state index contributed by atoms with van der Waals surface area (Å²) in [6.07, 6.45) is 10.5. The van der Waals surface area contributed by atoms with E-state index in [9.17, 15) is 4.79 Å². The van der Waals surface area contributed by atoms with Gasteiger partial charge in [-0.2, -0.15) is 10.2 Å². The molecule has 1 fully saturated rings. The van der Waals surface area contributed by atoms with Crippen LogP contribution in [0.3, 0.4) is 0 Å². The van der Waals surface area contributed by atoms with Gasteiger partial charge in [-0.25, -0.2) is 4.39 Å². The van der Waals surface area contributed by atoms with Gasteiger partial charge in [0.2, 0.25) is 5.91 Å². The van der Waals surface area contributed by atoms with Crippen LogP contribution < -0.4 is 5.32 Å². The fraction of sp³-hybridized carbons (Fsp3) is 0.370. The van der Waals surface area contributed by atoms with Crippen LogP contribution in [0.4, 0.5) is 10.1 Å². The molecule has 1 aromatic carbocycles. The second-order valence-corrected chi connectivity index (χ2v) is 9.29. The van der Waals surface area contributed by atoms with Gasteiger partial charge in [0.05, 0.1) is 23.5 Å². The van der Waals surface area contributed by atoms with E-state index in [2.05, 4.69) is 45.9 Å². The maximum atomic E-state index is 15.1. The first-order chi connectivity index (χ1) is 17.3. The lowest BCUT2D eigenvalue weighted by Crippen LogP contribution is -2.30. The highest BCUT2D eigenvalue weighted by Gasteiger charge is 2.18. The van der Waals surface area contributed by atoms with Crippen molar-refractivity contribution in [2.75, 3.05) is 25.0 Å². The number of benzene rings is 1. The number of nitrogens with one attached hydrogen (secondary N) is 2. The number of hydrogen-bond donors (Lipinski definition) is 2. The van der Waals surface area contributed by atoms with Crippen molar-refractivity contribution in [3.8, 4) is 11.3 Å². The van der Waals surface area contributed by atoms with E-state index >= 15 is 4.39 Å². The first-order valence-corrected chi connectivity index (χ1v) is 12.5. The van der Waals surface area contributed by atoms with Crippen molar-refractivity contribution < 1.29 is 9.18 Å². The Balaban J connectivity index is 0.00000115. The summed E-state index contributed by atoms with van der Waals surface area (Å²) in [5.41, 5.74) is 4.18. The molecule has 3 aromatic rings. The number of halogens is 2. The monoisotopic (exact) mass is 512 g/mol. The third-order valence-electron chi connectivity index (χ3n) is 5.66. The molecule has 7 nitrogen and oxygen atoms in total. The van der Waals surface area contributed by atoms with Crippen LogP contribution in [-0.4, -0.2) is 50.4 Å². The molecule has 9 heteroatoms. The Morgan fingerprint density at radius 2 is 2.00 bits per heavy atom. The smallest absolute Gasteiger partial charge is 0.238 e. The molecule has 2 aromatic heterocycles. The van der Waals surface area contributed by atoms with E-state index in [1.807, 2.05) is 19.3 Å². The zero-order valence-corrected chi connectivity index (χ0v) is 22.1. The first kappa shape index (κ1) is 27.4. The molecule has 0 bridgehead atoms. The minimum atomic E-state index is -0.515. The maximum Gasteiger partial charge on any atom is 0.238 e. The molecule has 0 unspecified atom stereocenters. The molecule has 0 spiro atoms. The van der Waals surface area contributed by atoms with E-state index in [1.165, 1.54) is 12.5 Å². The Bertz CT molecular complexity index is 1220. The number of rotatable bonds is 7. The Morgan fingerprint density at radius 3 is 2.58 bits per heavy atom. The third kappa shape index (κ3) is 6.71. The lowest BCUT2D eigenvalue weighted by Gasteiger charge is -2.15. The van der Waals surface area contributed by atoms with Gasteiger partial charge < -0.3 is 5.32 Å². The number of H-pyrrole nitrogens is 1. The summed E-state index contributed by atoms with van der Waals surface area (Å²) in [4.78, 5) is 14.4. The van der Waals surface area contributed by atoms with Crippen molar-refractivity contribution in [3.05, 3.63) is 58.8 Å². The van der Waals surface area contributed by atoms with Crippen molar-refractivity contribution in [1.29, 1.82) is 0 Å². The molecule has 1 amide bonds. The minimum absolute atomic E-state index is 0.178. The van der Waals surface area contributed by atoms with Crippen molar-refractivity contribution in [2.24, 2.45) is 7.05 Å². The van der Waals surface area contributed by atoms with Crippen LogP contribution in [0.5, 0.6) is 0 Å². The minimum Gasteiger partial charge on any atom is -0.325 e. The van der Waals surface area contributed by atoms with E-state index in [0.717, 1.165) is 37.1 Å². The Hall–Kier alpha value is -3.23. The zero-order chi connectivity index (χ0) is 26.2. The van der Waals surface area contributed by atoms with Gasteiger partial charge in [0.1, 0.15) is 11.5 Å². The van der Waals surface area contributed by atoms with Gasteiger partial charge in [0.15, 0.2) is 0 Å². The highest BCUT2D eigenvalue weighted by Crippen LogP contribution is 2.34. The second kappa shape index (κ2) is 12.6. The molecular formula is C27H34ClFN6O. The number of anilines is 1. The number of nitrogens with zero attached hydrogens (tertiary/aromatic N) is 4. The third-order valence-corrected chi connectivity index (χ3v) is 5.96. The normalized spacial score (nSPS) is 13.9. The summed E-state index contributed by atoms with van der Waals surface area (Å²) < 4.78 is 16.8. The van der Waals surface area contributed by atoms with Gasteiger partial charge in [-0.3, -0.25) is 19.5 Å². The fourth-order valence-electron chi connectivity index (χ4n) is 4.08. The van der Waals surface area contributed by atoms with Crippen molar-refractivity contribution in [1.82, 2.24) is 24.9 Å². The number of aromatic amines is 1. The van der Waals surface area contributed by atoms with Crippen LogP contribution >= 0.6 is 11.6 Å². The number of likely N-dealkylation sites (tertiary alicyclic amines) is 1. The second-order valence-electron chi connectivity index (χ2n) is 8.89. The summed E-state index contributed by atoms with van der Waals surface area (Å²) in [6, 6.07) is 2.87. The largest absolute Gasteiger partial charge is 0.325 e. The SMILES string of the molecule is C=Cc1[nH]nc(-c2cnn(C)c2)c1/C=C(\C)c1c(F)cc(NC(=O)CN2CCCC2)cc1Cl.CCC. The number of allylic oxidation sites excluding steroid dienone is 1. The summed E-state index contributed by atoms with van der Waals surface area (Å²) in [5, 5.41) is 14.5. The van der Waals surface area contributed by atoms with Gasteiger partial charge in [-0.15, -0.1) is 0 Å². The molecule has 0 radical (unpaired) electrons. The summed E-state index contributed by atoms with van der Waals surface area (Å²) >= 11 is 6.46. The van der Waals surface area contributed by atoms with Crippen LogP contribution in [0.1, 0.15) is 56.9 Å². The number of carbonyl (C=O) groups is 1. The van der Waals surface area contributed by atoms with Crippen LogP contribution in [0.15, 0.2) is 31.1 Å². The van der Waals surface area contributed by atoms with E-state index in [1.54, 1.807) is 29.9 Å². The van der Waals surface area contributed by atoms with Gasteiger partial charge >= 0.3 is 0 Å². The standard InChI is InChI=1S/C24H26ClFN6O.C3H8/c1-4-21-18(24(30-29-21)16-12-27-31(3)13-16)9-15(2)23-19(25)10-17(11-20(23)26)28-22(33)14-32-7-5-6-8-32;1-3-2/h4,9-13H,1,5-8,14H2,2-3H3,(H,28,33)(H,29,30);3H2,1-2H3/b15-9+;. The summed E-state index contributed by atoms with van der Waals surface area (Å²) in [5.74, 6) is -0.693. The first-order valence-electron chi connectivity index (χ1n) is 12.2. The molecule has 1 aliphatic heterocycles. The number of carbonyl (C=O) groups excluding carboxylic acids is 1. The quantitative estimate of drug-likeness (QED) is 0.392. The Kier molecular flexibility index (Phi) is 9.61. The Labute approximate surface area is 217 Å². The topological polar surface area (TPSA) is 78.8 Å². The maximum absolute atomic E-state index is 15.1. The number of hydrogen-bond acceptors (Lipinski definition) is 4. The predicted molar refractivity (Wildman–Crippen MR) is 146 cm³/mol. The molecule has 0 aliphatic carbocycles. The summed E-state index contributed by atoms with van der Waals surface area (Å²) in [6.45, 7) is 12.0. The molecular weight excluding hydrogens is 479 g/mol. The van der Waals surface area contributed by atoms with Crippen LogP contribution in [-0.2, 0) is 11.8 Å². The van der Waals surface area contributed by atoms with Gasteiger partial charge in [-0.1, -0.05) is 38.4 Å². The van der Waals surface area contributed by atoms with E-state index in [4.69, 9.17) is 11.6 Å². The molecule has 1 saturated heterocycles. The number of amides is 1. The average Bonchev–Trinajstić information content (AvgIpc) is 3.55. The highest BCUT2D eigenvalue weighted by atomic mass is 35.5. The number of aryl methyl sites for hydroxylation is 1. The fourth-order valence-corrected chi connectivity index (χ4v) is 4.44. The molecule has 4 rings (SSSR count). The van der Waals surface area contributed by atoms with E-state index in [0.29, 0.717) is 29.2 Å². The molecule has 192 valence electrons. The predicted octanol–water partition coefficient (Wildman–Crippen LogP) is 6.26. The van der Waals surface area contributed by atoms with Gasteiger partial charge in [-0.05, 0) is 62.7 Å². The van der Waals surface area contributed by atoms with Crippen LogP contribution in [0.25, 0.3) is 29.0 Å². The van der Waals surface area contributed by atoms with Gasteiger partial charge in [0.25, 0.3) is 0 Å².